The fraction of sp³-hybridized carbons (Fsp3) is 0.385. The van der Waals surface area contributed by atoms with Crippen LogP contribution in [0.1, 0.15) is 31.0 Å². The minimum absolute atomic E-state index is 0.103. The molecule has 0 bridgehead atoms. The van der Waals surface area contributed by atoms with Gasteiger partial charge in [-0.05, 0) is 37.5 Å². The number of benzene rings is 1. The average Bonchev–Trinajstić information content (AvgIpc) is 2.28. The largest absolute Gasteiger partial charge is 0.319 e. The van der Waals surface area contributed by atoms with Crippen molar-refractivity contribution in [2.45, 2.75) is 33.1 Å². The fourth-order valence-corrected chi connectivity index (χ4v) is 1.76. The molecule has 84 valence electrons. The summed E-state index contributed by atoms with van der Waals surface area (Å²) >= 11 is 0. The lowest BCUT2D eigenvalue weighted by atomic mass is 10.1. The van der Waals surface area contributed by atoms with Crippen molar-refractivity contribution in [3.05, 3.63) is 39.8 Å². The van der Waals surface area contributed by atoms with Crippen molar-refractivity contribution in [3.63, 3.8) is 0 Å². The van der Waals surface area contributed by atoms with Crippen LogP contribution in [0.4, 0.5) is 0 Å². The molecule has 0 aliphatic rings. The Hall–Kier alpha value is -1.64. The van der Waals surface area contributed by atoms with Gasteiger partial charge in [0.1, 0.15) is 5.69 Å². The van der Waals surface area contributed by atoms with E-state index < -0.39 is 0 Å². The van der Waals surface area contributed by atoms with E-state index in [-0.39, 0.29) is 5.56 Å². The molecule has 1 heterocycles. The molecule has 0 saturated heterocycles. The Morgan fingerprint density at radius 1 is 1.38 bits per heavy atom. The normalized spacial score (nSPS) is 10.9. The predicted octanol–water partition coefficient (Wildman–Crippen LogP) is 2.57. The third-order valence-corrected chi connectivity index (χ3v) is 2.75. The second kappa shape index (κ2) is 4.47. The second-order valence-corrected chi connectivity index (χ2v) is 4.11. The Morgan fingerprint density at radius 2 is 2.19 bits per heavy atom. The number of rotatable bonds is 3. The van der Waals surface area contributed by atoms with Crippen LogP contribution in [-0.2, 0) is 6.42 Å². The van der Waals surface area contributed by atoms with Gasteiger partial charge in [-0.3, -0.25) is 4.79 Å². The van der Waals surface area contributed by atoms with Crippen LogP contribution in [0, 0.1) is 6.92 Å². The Balaban J connectivity index is 2.45. The summed E-state index contributed by atoms with van der Waals surface area (Å²) in [5, 5.41) is 0. The minimum atomic E-state index is -0.103. The number of unbranched alkanes of at least 4 members (excludes halogenated alkanes) is 1. The predicted molar refractivity (Wildman–Crippen MR) is 65.7 cm³/mol. The molecule has 3 nitrogen and oxygen atoms in total. The molecule has 1 N–H and O–H groups in total. The molecule has 16 heavy (non-hydrogen) atoms. The first-order chi connectivity index (χ1) is 7.70. The highest BCUT2D eigenvalue weighted by molar-refractivity contribution is 5.74. The van der Waals surface area contributed by atoms with Crippen LogP contribution in [0.25, 0.3) is 11.0 Å². The van der Waals surface area contributed by atoms with Gasteiger partial charge in [-0.2, -0.15) is 0 Å². The third-order valence-electron chi connectivity index (χ3n) is 2.75. The van der Waals surface area contributed by atoms with Crippen LogP contribution in [-0.4, -0.2) is 9.97 Å². The van der Waals surface area contributed by atoms with E-state index in [1.165, 1.54) is 18.4 Å². The molecule has 1 aromatic heterocycles. The molecule has 0 fully saturated rings. The molecule has 0 spiro atoms. The lowest BCUT2D eigenvalue weighted by Crippen LogP contribution is -2.11. The number of aromatic nitrogens is 2. The number of aromatic amines is 1. The molecule has 0 unspecified atom stereocenters. The monoisotopic (exact) mass is 216 g/mol. The fourth-order valence-electron chi connectivity index (χ4n) is 1.76. The van der Waals surface area contributed by atoms with Gasteiger partial charge >= 0.3 is 0 Å². The molecule has 0 aliphatic carbocycles. The SMILES string of the molecule is CCCCc1ccc2[nH]c(=O)c(C)nc2c1. The number of H-pyrrole nitrogens is 1. The van der Waals surface area contributed by atoms with Crippen LogP contribution in [0.15, 0.2) is 23.0 Å². The molecule has 0 aliphatic heterocycles. The standard InChI is InChI=1S/C13H16N2O/c1-3-4-5-10-6-7-11-12(8-10)14-9(2)13(16)15-11/h6-8H,3-5H2,1-2H3,(H,15,16). The first kappa shape index (κ1) is 10.9. The lowest BCUT2D eigenvalue weighted by molar-refractivity contribution is 0.795. The van der Waals surface area contributed by atoms with Gasteiger partial charge in [0.05, 0.1) is 11.0 Å². The minimum Gasteiger partial charge on any atom is -0.319 e. The molecule has 1 aromatic carbocycles. The van der Waals surface area contributed by atoms with Crippen LogP contribution in [0.3, 0.4) is 0 Å². The van der Waals surface area contributed by atoms with Crippen LogP contribution >= 0.6 is 0 Å². The highest BCUT2D eigenvalue weighted by Crippen LogP contribution is 2.12. The van der Waals surface area contributed by atoms with Crippen molar-refractivity contribution < 1.29 is 0 Å². The smallest absolute Gasteiger partial charge is 0.269 e. The highest BCUT2D eigenvalue weighted by Gasteiger charge is 2.01. The van der Waals surface area contributed by atoms with Crippen molar-refractivity contribution in [1.29, 1.82) is 0 Å². The summed E-state index contributed by atoms with van der Waals surface area (Å²) in [6.07, 6.45) is 3.45. The summed E-state index contributed by atoms with van der Waals surface area (Å²) in [6.45, 7) is 3.91. The molecule has 0 atom stereocenters. The van der Waals surface area contributed by atoms with Gasteiger partial charge in [0, 0.05) is 0 Å². The summed E-state index contributed by atoms with van der Waals surface area (Å²) in [7, 11) is 0. The zero-order valence-corrected chi connectivity index (χ0v) is 9.71. The maximum atomic E-state index is 11.4. The number of aryl methyl sites for hydroxylation is 2. The third kappa shape index (κ3) is 2.13. The van der Waals surface area contributed by atoms with Crippen LogP contribution < -0.4 is 5.56 Å². The van der Waals surface area contributed by atoms with E-state index in [0.29, 0.717) is 5.69 Å². The van der Waals surface area contributed by atoms with Crippen molar-refractivity contribution in [3.8, 4) is 0 Å². The second-order valence-electron chi connectivity index (χ2n) is 4.11. The van der Waals surface area contributed by atoms with E-state index in [1.807, 2.05) is 6.07 Å². The van der Waals surface area contributed by atoms with Crippen LogP contribution in [0.5, 0.6) is 0 Å². The van der Waals surface area contributed by atoms with Gasteiger partial charge in [0.15, 0.2) is 0 Å². The Kier molecular flexibility index (Phi) is 3.04. The van der Waals surface area contributed by atoms with Gasteiger partial charge in [0.25, 0.3) is 5.56 Å². The molecule has 0 amide bonds. The van der Waals surface area contributed by atoms with E-state index in [2.05, 4.69) is 29.0 Å². The number of fused-ring (bicyclic) bond motifs is 1. The van der Waals surface area contributed by atoms with Gasteiger partial charge in [-0.15, -0.1) is 0 Å². The van der Waals surface area contributed by atoms with Crippen molar-refractivity contribution >= 4 is 11.0 Å². The Morgan fingerprint density at radius 3 is 2.94 bits per heavy atom. The molecule has 0 radical (unpaired) electrons. The van der Waals surface area contributed by atoms with Crippen molar-refractivity contribution in [1.82, 2.24) is 9.97 Å². The summed E-state index contributed by atoms with van der Waals surface area (Å²) in [4.78, 5) is 18.5. The van der Waals surface area contributed by atoms with Gasteiger partial charge in [0.2, 0.25) is 0 Å². The average molecular weight is 216 g/mol. The zero-order chi connectivity index (χ0) is 11.5. The highest BCUT2D eigenvalue weighted by atomic mass is 16.1. The molecule has 3 heteroatoms. The van der Waals surface area contributed by atoms with E-state index in [9.17, 15) is 4.79 Å². The molecule has 2 aromatic rings. The van der Waals surface area contributed by atoms with E-state index in [0.717, 1.165) is 17.5 Å². The number of nitrogens with one attached hydrogen (secondary N) is 1. The summed E-state index contributed by atoms with van der Waals surface area (Å²) in [5.74, 6) is 0. The number of hydrogen-bond acceptors (Lipinski definition) is 2. The van der Waals surface area contributed by atoms with E-state index in [4.69, 9.17) is 0 Å². The van der Waals surface area contributed by atoms with Crippen molar-refractivity contribution in [2.75, 3.05) is 0 Å². The van der Waals surface area contributed by atoms with Crippen molar-refractivity contribution in [2.24, 2.45) is 0 Å². The molecular weight excluding hydrogens is 200 g/mol. The van der Waals surface area contributed by atoms with E-state index >= 15 is 0 Å². The maximum absolute atomic E-state index is 11.4. The van der Waals surface area contributed by atoms with Gasteiger partial charge in [-0.25, -0.2) is 4.98 Å². The van der Waals surface area contributed by atoms with E-state index in [1.54, 1.807) is 6.92 Å². The van der Waals surface area contributed by atoms with Gasteiger partial charge < -0.3 is 4.98 Å². The Labute approximate surface area is 94.5 Å². The molecule has 2 rings (SSSR count). The lowest BCUT2D eigenvalue weighted by Gasteiger charge is -2.03. The summed E-state index contributed by atoms with van der Waals surface area (Å²) in [6, 6.07) is 6.06. The maximum Gasteiger partial charge on any atom is 0.269 e. The quantitative estimate of drug-likeness (QED) is 0.857. The van der Waals surface area contributed by atoms with Crippen LogP contribution in [0.2, 0.25) is 0 Å². The summed E-state index contributed by atoms with van der Waals surface area (Å²) < 4.78 is 0. The first-order valence-corrected chi connectivity index (χ1v) is 5.70. The zero-order valence-electron chi connectivity index (χ0n) is 9.71. The topological polar surface area (TPSA) is 45.8 Å². The first-order valence-electron chi connectivity index (χ1n) is 5.70. The molecule has 0 saturated carbocycles. The van der Waals surface area contributed by atoms with Gasteiger partial charge in [-0.1, -0.05) is 19.4 Å². The number of hydrogen-bond donors (Lipinski definition) is 1. The number of nitrogens with zero attached hydrogens (tertiary/aromatic N) is 1. The Bertz CT molecular complexity index is 557. The summed E-state index contributed by atoms with van der Waals surface area (Å²) in [5.41, 5.74) is 3.41. The molecular formula is C13H16N2O.